The topological polar surface area (TPSA) is 169 Å². The fourth-order valence-corrected chi connectivity index (χ4v) is 22.0. The summed E-state index contributed by atoms with van der Waals surface area (Å²) in [5.74, 6) is -25.3. The van der Waals surface area contributed by atoms with E-state index < -0.39 is 396 Å². The van der Waals surface area contributed by atoms with E-state index in [4.69, 9.17) is 39.4 Å². The van der Waals surface area contributed by atoms with Crippen molar-refractivity contribution in [3.63, 3.8) is 0 Å². The number of thioether (sulfide) groups is 2. The van der Waals surface area contributed by atoms with Gasteiger partial charge in [0.15, 0.2) is 0 Å². The third-order valence-corrected chi connectivity index (χ3v) is 27.3. The van der Waals surface area contributed by atoms with Crippen molar-refractivity contribution in [2.24, 2.45) is 0 Å². The van der Waals surface area contributed by atoms with Crippen LogP contribution < -0.4 is 31.3 Å². The molecule has 0 radical (unpaired) electrons. The van der Waals surface area contributed by atoms with Gasteiger partial charge in [-0.1, -0.05) is 38.9 Å². The lowest BCUT2D eigenvalue weighted by Crippen LogP contribution is -2.34. The lowest BCUT2D eigenvalue weighted by atomic mass is 9.94. The molecular formula is C96H32F36N12S4. The normalized spacial score (nSPS) is 14.8. The number of benzene rings is 9. The Balaban J connectivity index is 0.000000188. The molecule has 15 rings (SSSR count). The summed E-state index contributed by atoms with van der Waals surface area (Å²) in [6.07, 6.45) is -18.9. The molecule has 6 aliphatic rings. The Morgan fingerprint density at radius 2 is 0.480 bits per heavy atom. The molecule has 0 spiro atoms. The maximum atomic E-state index is 16.4. The van der Waals surface area contributed by atoms with E-state index in [1.165, 1.54) is 12.1 Å². The van der Waals surface area contributed by atoms with E-state index in [0.717, 1.165) is 50.3 Å². The number of allylic oxidation sites excluding steroid dienone is 9. The van der Waals surface area contributed by atoms with Gasteiger partial charge >= 0.3 is 61.3 Å². The first-order valence-electron chi connectivity index (χ1n) is 39.5. The first-order valence-corrected chi connectivity index (χ1v) is 45.1. The maximum Gasteiger partial charge on any atom is 0.523 e. The van der Waals surface area contributed by atoms with Gasteiger partial charge < -0.3 is 0 Å². The molecule has 0 aliphatic heterocycles. The minimum absolute atomic E-state index is 0.0331. The van der Waals surface area contributed by atoms with Crippen molar-refractivity contribution in [2.75, 3.05) is 0 Å². The molecule has 0 heterocycles. The Kier molecular flexibility index (Phi) is 26.6. The lowest BCUT2D eigenvalue weighted by Gasteiger charge is -2.45. The van der Waals surface area contributed by atoms with Crippen molar-refractivity contribution >= 4 is 77.4 Å². The van der Waals surface area contributed by atoms with Gasteiger partial charge in [0, 0.05) is 101 Å². The second kappa shape index (κ2) is 36.3. The Morgan fingerprint density at radius 3 is 0.730 bits per heavy atom. The highest BCUT2D eigenvalue weighted by Crippen LogP contribution is 3.04. The van der Waals surface area contributed by atoms with Crippen molar-refractivity contribution in [2.45, 2.75) is 95.3 Å². The molecule has 0 saturated heterocycles. The van der Waals surface area contributed by atoms with Crippen molar-refractivity contribution in [1.82, 2.24) is 0 Å². The number of nitriles is 6. The Hall–Kier alpha value is -16.6. The van der Waals surface area contributed by atoms with Crippen LogP contribution in [0.3, 0.4) is 0 Å². The molecule has 9 aromatic carbocycles. The molecule has 0 aromatic heterocycles. The number of fused-ring (bicyclic) bond motifs is 6. The SMILES string of the molecule is [C-]#[N+]C([N+]#[C-])=C1Cc2c(F)c3c(c(F)c2=C1c1cc(F)cc(F)c1)CC(=C(C#N)C#N)C=3c1cc(F)cc(F)c1.[C-]#[N+]C([N+]#[C-])=C1Cc2c(S(F)(F)(F)(F)F)c3c(c(S(F)(F)(F)(F)F)c2=C1c1cc(F)c(C)c(F)c1)CC(=C(C#N)C#N)C=3c1cc(F)c(C(F)(F)F)c(F)c1.[C-]#[N+]C([N+]#[C-])=C1Cc2c(SC(F)(F)F)c3c(c(SC(F)(F)F)c2=C1c1cc(F)c(C)c(F)c1)CC(=C(C#N)C#N)C=3c1cc(F)c(C(F)(F)F)c(F)c1. The van der Waals surface area contributed by atoms with Crippen molar-refractivity contribution in [1.29, 1.82) is 31.6 Å². The van der Waals surface area contributed by atoms with Gasteiger partial charge in [0.25, 0.3) is 0 Å². The summed E-state index contributed by atoms with van der Waals surface area (Å²) in [5.41, 5.74) is -43.3. The molecule has 752 valence electrons. The lowest BCUT2D eigenvalue weighted by molar-refractivity contribution is -0.143. The van der Waals surface area contributed by atoms with E-state index in [2.05, 4.69) is 29.1 Å². The van der Waals surface area contributed by atoms with Crippen LogP contribution >= 0.6 is 44.0 Å². The Labute approximate surface area is 812 Å². The van der Waals surface area contributed by atoms with Gasteiger partial charge in [-0.15, -0.1) is 0 Å². The quantitative estimate of drug-likeness (QED) is 0.0564. The number of nitrogens with zero attached hydrogens (tertiary/aromatic N) is 12. The number of rotatable bonds is 10. The van der Waals surface area contributed by atoms with Gasteiger partial charge in [0.2, 0.25) is 0 Å². The molecule has 0 fully saturated rings. The minimum Gasteiger partial charge on any atom is -0.207 e. The van der Waals surface area contributed by atoms with Crippen LogP contribution in [0.15, 0.2) is 172 Å². The molecule has 6 aliphatic carbocycles. The van der Waals surface area contributed by atoms with Crippen LogP contribution in [-0.2, 0) is 50.9 Å². The molecule has 9 aromatic rings. The first kappa shape index (κ1) is 109. The molecule has 52 heteroatoms. The highest BCUT2D eigenvalue weighted by atomic mass is 32.5. The monoisotopic (exact) mass is 2160 g/mol. The predicted octanol–water partition coefficient (Wildman–Crippen LogP) is 26.9. The van der Waals surface area contributed by atoms with Crippen LogP contribution in [0.2, 0.25) is 0 Å². The predicted molar refractivity (Wildman–Crippen MR) is 454 cm³/mol. The molecular weight excluding hydrogens is 2130 g/mol. The second-order valence-corrected chi connectivity index (χ2v) is 38.6. The van der Waals surface area contributed by atoms with Gasteiger partial charge in [-0.3, -0.25) is 0 Å². The number of halogens is 36. The van der Waals surface area contributed by atoms with Gasteiger partial charge in [0.05, 0.1) is 16.7 Å². The fraction of sp³-hybridized carbons (Fsp3) is 0.125. The summed E-state index contributed by atoms with van der Waals surface area (Å²) in [4.78, 5) is 8.35. The van der Waals surface area contributed by atoms with Gasteiger partial charge in [0.1, 0.15) is 195 Å². The fourth-order valence-electron chi connectivity index (χ4n) is 17.8. The number of alkyl halides is 12. The summed E-state index contributed by atoms with van der Waals surface area (Å²) in [5, 5.41) is 49.8. The van der Waals surface area contributed by atoms with Crippen LogP contribution in [0.25, 0.3) is 62.5 Å². The van der Waals surface area contributed by atoms with E-state index in [1.807, 2.05) is 0 Å². The molecule has 0 bridgehead atoms. The third-order valence-electron chi connectivity index (χ3n) is 23.1. The smallest absolute Gasteiger partial charge is 0.207 e. The molecule has 148 heavy (non-hydrogen) atoms. The maximum absolute atomic E-state index is 16.4. The molecule has 12 nitrogen and oxygen atoms in total. The van der Waals surface area contributed by atoms with E-state index in [-0.39, 0.29) is 68.8 Å². The average molecular weight is 2170 g/mol. The van der Waals surface area contributed by atoms with Crippen LogP contribution in [-0.4, -0.2) is 11.0 Å². The highest BCUT2D eigenvalue weighted by Gasteiger charge is 2.73. The third kappa shape index (κ3) is 19.7. The minimum atomic E-state index is -11.8. The van der Waals surface area contributed by atoms with E-state index in [1.54, 1.807) is 12.1 Å². The van der Waals surface area contributed by atoms with Crippen LogP contribution in [0.1, 0.15) is 89.0 Å². The Morgan fingerprint density at radius 1 is 0.277 bits per heavy atom. The van der Waals surface area contributed by atoms with E-state index in [0.29, 0.717) is 24.3 Å². The summed E-state index contributed by atoms with van der Waals surface area (Å²) >= 11 is -1.95. The van der Waals surface area contributed by atoms with Crippen LogP contribution in [0.4, 0.5) is 153 Å². The second-order valence-electron chi connectivity index (χ2n) is 31.8. The summed E-state index contributed by atoms with van der Waals surface area (Å²) in [6, 6.07) is 12.9. The van der Waals surface area contributed by atoms with Crippen molar-refractivity contribution in [3.05, 3.63) is 423 Å². The van der Waals surface area contributed by atoms with E-state index >= 15 is 47.6 Å². The molecule has 0 amide bonds. The van der Waals surface area contributed by atoms with E-state index in [9.17, 15) is 137 Å². The summed E-state index contributed by atoms with van der Waals surface area (Å²) in [7, 11) is -23.6. The molecule has 0 N–H and O–H groups in total. The Bertz CT molecular complexity index is 8570. The zero-order valence-electron chi connectivity index (χ0n) is 71.9. The molecule has 0 unspecified atom stereocenters. The molecule has 0 saturated carbocycles. The summed E-state index contributed by atoms with van der Waals surface area (Å²) in [6.45, 7) is 46.0. The number of hydrogen-bond acceptors (Lipinski definition) is 8. The largest absolute Gasteiger partial charge is 0.523 e. The van der Waals surface area contributed by atoms with Gasteiger partial charge in [-0.2, -0.15) is 113 Å². The van der Waals surface area contributed by atoms with Crippen LogP contribution in [0.5, 0.6) is 0 Å². The van der Waals surface area contributed by atoms with Gasteiger partial charge in [-0.05, 0) is 229 Å². The highest BCUT2D eigenvalue weighted by molar-refractivity contribution is 8.46. The van der Waals surface area contributed by atoms with Crippen molar-refractivity contribution < 1.29 is 153 Å². The average Bonchev–Trinajstić information content (AvgIpc) is 1.42. The van der Waals surface area contributed by atoms with Crippen LogP contribution in [0, 0.1) is 203 Å². The standard InChI is InChI=1S/C34H11F13N4S2.C32H11F17N4S2.C30H10F6N4/c1-12-20(35)4-13(5-21(12)36)25-19(31(50-2)51-3)9-18-27(25)29(52-33(42,43)44)17-8-16(15(10-48)11-49)24(26(17)30(18)53-34(45,46)47)14-6-22(37)28(23(38)7-14)32(39,40)41;1-12-20(33)4-13(5-21(12)34)25-19(31(52-2)53-3)9-18-27(25)29(54(40,41,42,43)44)17-8-16(15(10-50)11-51)24(26(17)30(18)55(45,46,47,48)49)14-6-22(35)28(23(36)7-14)32(37,38)39;1-39-30(40-2)23-10-22-27(25(23)14-5-18(33)8-19(34)6-14)28(35)21-9-20(15(11-37)12-38)24(26(21)29(22)36)13-3-16(31)7-17(32)4-13/h4-7H,8-9H2,1H3;4-7H,8-9H2,1H3;3-8H,9-10H2. The zero-order chi connectivity index (χ0) is 110. The van der Waals surface area contributed by atoms with Crippen molar-refractivity contribution in [3.8, 4) is 36.4 Å². The first-order chi connectivity index (χ1) is 68.3. The number of hydrogen-bond donors (Lipinski definition) is 0. The van der Waals surface area contributed by atoms with Gasteiger partial charge in [-0.25, -0.2) is 61.5 Å². The zero-order valence-corrected chi connectivity index (χ0v) is 75.2. The summed E-state index contributed by atoms with van der Waals surface area (Å²) < 4.78 is 531. The molecule has 0 atom stereocenters.